The normalized spacial score (nSPS) is 38.3. The van der Waals surface area contributed by atoms with E-state index in [4.69, 9.17) is 4.43 Å². The Bertz CT molecular complexity index is 635. The molecule has 1 N–H and O–H groups in total. The summed E-state index contributed by atoms with van der Waals surface area (Å²) in [7, 11) is -1.48. The Morgan fingerprint density at radius 3 is 2.67 bits per heavy atom. The summed E-state index contributed by atoms with van der Waals surface area (Å²) in [5, 5.41) is 9.81. The summed E-state index contributed by atoms with van der Waals surface area (Å²) in [6.45, 7) is 9.52. The van der Waals surface area contributed by atoms with Gasteiger partial charge in [0.15, 0.2) is 8.32 Å². The predicted octanol–water partition coefficient (Wildman–Crippen LogP) is 5.47. The number of hydrogen-bond donors (Lipinski definition) is 1. The Kier molecular flexibility index (Phi) is 3.89. The van der Waals surface area contributed by atoms with Crippen molar-refractivity contribution >= 4 is 8.32 Å². The van der Waals surface area contributed by atoms with E-state index in [1.54, 1.807) is 0 Å². The van der Waals surface area contributed by atoms with E-state index < -0.39 is 8.32 Å². The third-order valence-electron chi connectivity index (χ3n) is 7.12. The molecule has 3 heteroatoms. The molecule has 0 spiro atoms. The highest BCUT2D eigenvalue weighted by Crippen LogP contribution is 2.61. The predicted molar refractivity (Wildman–Crippen MR) is 101 cm³/mol. The second kappa shape index (κ2) is 5.60. The third kappa shape index (κ3) is 2.64. The number of phenolic OH excluding ortho intramolecular Hbond substituents is 1. The Balaban J connectivity index is 1.61. The van der Waals surface area contributed by atoms with Gasteiger partial charge < -0.3 is 9.53 Å². The van der Waals surface area contributed by atoms with Gasteiger partial charge in [0.1, 0.15) is 5.75 Å². The highest BCUT2D eigenvalue weighted by atomic mass is 28.4. The van der Waals surface area contributed by atoms with E-state index in [0.717, 1.165) is 18.3 Å². The van der Waals surface area contributed by atoms with Crippen molar-refractivity contribution in [3.05, 3.63) is 29.3 Å². The molecule has 3 unspecified atom stereocenters. The summed E-state index contributed by atoms with van der Waals surface area (Å²) in [6, 6.07) is 6.10. The first-order chi connectivity index (χ1) is 11.3. The molecule has 3 aliphatic carbocycles. The average molecular weight is 345 g/mol. The molecule has 2 nitrogen and oxygen atoms in total. The molecule has 0 aromatic heterocycles. The van der Waals surface area contributed by atoms with Gasteiger partial charge in [-0.15, -0.1) is 0 Å². The maximum atomic E-state index is 9.81. The van der Waals surface area contributed by atoms with E-state index >= 15 is 0 Å². The third-order valence-corrected chi connectivity index (χ3v) is 8.11. The Labute approximate surface area is 147 Å². The van der Waals surface area contributed by atoms with E-state index in [2.05, 4.69) is 32.6 Å². The molecule has 3 aliphatic rings. The fraction of sp³-hybridized carbons (Fsp3) is 0.714. The second-order valence-corrected chi connectivity index (χ2v) is 14.1. The second-order valence-electron chi connectivity index (χ2n) is 9.64. The zero-order chi connectivity index (χ0) is 17.1. The van der Waals surface area contributed by atoms with Gasteiger partial charge in [0.25, 0.3) is 0 Å². The number of phenols is 1. The first-order valence-corrected chi connectivity index (χ1v) is 13.2. The number of hydrogen-bond acceptors (Lipinski definition) is 2. The fourth-order valence-corrected chi connectivity index (χ4v) is 7.38. The number of aromatic hydroxyl groups is 1. The molecular formula is C21H32O2Si. The van der Waals surface area contributed by atoms with E-state index in [-0.39, 0.29) is 0 Å². The molecule has 24 heavy (non-hydrogen) atoms. The first kappa shape index (κ1) is 16.7. The fourth-order valence-electron chi connectivity index (χ4n) is 6.14. The molecule has 0 amide bonds. The maximum absolute atomic E-state index is 9.81. The molecule has 0 heterocycles. The molecule has 5 atom stereocenters. The smallest absolute Gasteiger partial charge is 0.184 e. The molecule has 0 aliphatic heterocycles. The van der Waals surface area contributed by atoms with Crippen molar-refractivity contribution in [3.8, 4) is 5.75 Å². The number of fused-ring (bicyclic) bond motifs is 5. The van der Waals surface area contributed by atoms with Crippen LogP contribution in [0, 0.1) is 17.3 Å². The van der Waals surface area contributed by atoms with Crippen LogP contribution in [-0.4, -0.2) is 19.5 Å². The van der Waals surface area contributed by atoms with E-state index in [1.165, 1.54) is 43.2 Å². The van der Waals surface area contributed by atoms with Crippen molar-refractivity contribution in [2.45, 2.75) is 77.1 Å². The zero-order valence-electron chi connectivity index (χ0n) is 15.6. The Morgan fingerprint density at radius 2 is 1.92 bits per heavy atom. The largest absolute Gasteiger partial charge is 0.508 e. The van der Waals surface area contributed by atoms with Gasteiger partial charge in [-0.1, -0.05) is 13.0 Å². The van der Waals surface area contributed by atoms with Crippen LogP contribution >= 0.6 is 0 Å². The lowest BCUT2D eigenvalue weighted by molar-refractivity contribution is -0.0140. The molecule has 0 radical (unpaired) electrons. The summed E-state index contributed by atoms with van der Waals surface area (Å²) >= 11 is 0. The summed E-state index contributed by atoms with van der Waals surface area (Å²) in [6.07, 6.45) is 8.11. The average Bonchev–Trinajstić information content (AvgIpc) is 2.82. The highest BCUT2D eigenvalue weighted by molar-refractivity contribution is 6.69. The van der Waals surface area contributed by atoms with E-state index in [9.17, 15) is 5.11 Å². The van der Waals surface area contributed by atoms with Gasteiger partial charge in [-0.25, -0.2) is 0 Å². The minimum Gasteiger partial charge on any atom is -0.508 e. The van der Waals surface area contributed by atoms with Crippen LogP contribution in [0.15, 0.2) is 18.2 Å². The maximum Gasteiger partial charge on any atom is 0.184 e. The number of aryl methyl sites for hydroxylation is 1. The first-order valence-electron chi connectivity index (χ1n) is 9.77. The van der Waals surface area contributed by atoms with Crippen LogP contribution in [0.3, 0.4) is 0 Å². The minimum absolute atomic E-state index is 0.385. The molecule has 4 rings (SSSR count). The van der Waals surface area contributed by atoms with Gasteiger partial charge >= 0.3 is 0 Å². The number of rotatable bonds is 2. The van der Waals surface area contributed by atoms with Gasteiger partial charge in [-0.3, -0.25) is 0 Å². The van der Waals surface area contributed by atoms with Crippen LogP contribution in [0.2, 0.25) is 19.6 Å². The van der Waals surface area contributed by atoms with Crippen LogP contribution < -0.4 is 0 Å². The molecule has 1 aromatic carbocycles. The van der Waals surface area contributed by atoms with E-state index in [0.29, 0.717) is 23.2 Å². The van der Waals surface area contributed by atoms with Gasteiger partial charge in [0.2, 0.25) is 0 Å². The van der Waals surface area contributed by atoms with Gasteiger partial charge in [-0.2, -0.15) is 0 Å². The summed E-state index contributed by atoms with van der Waals surface area (Å²) in [5.41, 5.74) is 3.31. The van der Waals surface area contributed by atoms with Gasteiger partial charge in [0, 0.05) is 0 Å². The van der Waals surface area contributed by atoms with Crippen molar-refractivity contribution < 1.29 is 9.53 Å². The van der Waals surface area contributed by atoms with E-state index in [1.807, 2.05) is 12.1 Å². The molecule has 0 bridgehead atoms. The van der Waals surface area contributed by atoms with Crippen molar-refractivity contribution in [2.24, 2.45) is 17.3 Å². The monoisotopic (exact) mass is 344 g/mol. The summed E-state index contributed by atoms with van der Waals surface area (Å²) < 4.78 is 6.64. The highest BCUT2D eigenvalue weighted by Gasteiger charge is 2.55. The summed E-state index contributed by atoms with van der Waals surface area (Å²) in [4.78, 5) is 0. The quantitative estimate of drug-likeness (QED) is 0.721. The SMILES string of the molecule is C[C@]12CCC3c4ccc(O)cc4CCC3C1CC[C@@H]2O[Si](C)(C)C. The molecule has 132 valence electrons. The minimum atomic E-state index is -1.48. The lowest BCUT2D eigenvalue weighted by Gasteiger charge is -2.51. The lowest BCUT2D eigenvalue weighted by atomic mass is 9.55. The molecule has 0 saturated heterocycles. The topological polar surface area (TPSA) is 29.5 Å². The van der Waals surface area contributed by atoms with Crippen molar-refractivity contribution in [1.29, 1.82) is 0 Å². The van der Waals surface area contributed by atoms with Crippen LogP contribution in [0.4, 0.5) is 0 Å². The van der Waals surface area contributed by atoms with Gasteiger partial charge in [0.05, 0.1) is 6.10 Å². The Hall–Kier alpha value is -0.803. The van der Waals surface area contributed by atoms with Crippen LogP contribution in [0.1, 0.15) is 56.1 Å². The number of benzene rings is 1. The van der Waals surface area contributed by atoms with Gasteiger partial charge in [-0.05, 0) is 105 Å². The summed E-state index contributed by atoms with van der Waals surface area (Å²) in [5.74, 6) is 2.77. The van der Waals surface area contributed by atoms with Crippen molar-refractivity contribution in [1.82, 2.24) is 0 Å². The molecule has 2 saturated carbocycles. The van der Waals surface area contributed by atoms with Crippen molar-refractivity contribution in [3.63, 3.8) is 0 Å². The van der Waals surface area contributed by atoms with Crippen LogP contribution in [0.5, 0.6) is 5.75 Å². The van der Waals surface area contributed by atoms with Crippen LogP contribution in [0.25, 0.3) is 0 Å². The molecule has 2 fully saturated rings. The Morgan fingerprint density at radius 1 is 1.12 bits per heavy atom. The molecular weight excluding hydrogens is 312 g/mol. The van der Waals surface area contributed by atoms with Crippen molar-refractivity contribution in [2.75, 3.05) is 0 Å². The zero-order valence-corrected chi connectivity index (χ0v) is 16.6. The lowest BCUT2D eigenvalue weighted by Crippen LogP contribution is -2.47. The van der Waals surface area contributed by atoms with Crippen LogP contribution in [-0.2, 0) is 10.8 Å². The standard InChI is InChI=1S/C21H32O2Si/c1-21-12-11-17-16-8-6-15(22)13-14(16)5-7-18(17)19(21)9-10-20(21)23-24(2,3)4/h6,8,13,17-20,22H,5,7,9-12H2,1-4H3/t17?,18?,19?,20-,21-/m0/s1. The molecule has 1 aromatic rings.